The first-order valence-electron chi connectivity index (χ1n) is 11.3. The van der Waals surface area contributed by atoms with E-state index in [-0.39, 0.29) is 36.4 Å². The third-order valence-electron chi connectivity index (χ3n) is 6.67. The summed E-state index contributed by atoms with van der Waals surface area (Å²) in [6.45, 7) is 2.42. The number of nitriles is 1. The zero-order valence-corrected chi connectivity index (χ0v) is 18.2. The van der Waals surface area contributed by atoms with Crippen LogP contribution in [0.25, 0.3) is 11.1 Å². The highest BCUT2D eigenvalue weighted by molar-refractivity contribution is 5.94. The third-order valence-corrected chi connectivity index (χ3v) is 6.67. The van der Waals surface area contributed by atoms with Crippen molar-refractivity contribution in [3.8, 4) is 17.2 Å². The molecule has 5 nitrogen and oxygen atoms in total. The van der Waals surface area contributed by atoms with Crippen LogP contribution in [0.1, 0.15) is 48.5 Å². The quantitative estimate of drug-likeness (QED) is 0.659. The highest BCUT2D eigenvalue weighted by atomic mass is 19.1. The molecule has 166 valence electrons. The molecule has 2 fully saturated rings. The minimum absolute atomic E-state index is 0.0768. The molecule has 0 unspecified atom stereocenters. The van der Waals surface area contributed by atoms with Crippen molar-refractivity contribution in [1.82, 2.24) is 10.6 Å². The first-order chi connectivity index (χ1) is 15.5. The van der Waals surface area contributed by atoms with Gasteiger partial charge in [0.05, 0.1) is 18.0 Å². The number of carbonyl (C=O) groups excluding carboxylic acids is 2. The Morgan fingerprint density at radius 3 is 2.53 bits per heavy atom. The van der Waals surface area contributed by atoms with Crippen LogP contribution in [-0.4, -0.2) is 30.3 Å². The number of hydrogen-bond donors (Lipinski definition) is 2. The lowest BCUT2D eigenvalue weighted by molar-refractivity contribution is -0.122. The Morgan fingerprint density at radius 1 is 1.19 bits per heavy atom. The maximum absolute atomic E-state index is 14.8. The number of benzene rings is 2. The van der Waals surface area contributed by atoms with E-state index in [0.717, 1.165) is 24.8 Å². The Kier molecular flexibility index (Phi) is 6.66. The van der Waals surface area contributed by atoms with E-state index in [0.29, 0.717) is 35.2 Å². The lowest BCUT2D eigenvalue weighted by Crippen LogP contribution is -2.42. The number of nitrogens with one attached hydrogen (secondary N) is 2. The molecule has 1 heterocycles. The molecule has 0 aromatic heterocycles. The fraction of sp³-hybridized carbons (Fsp3) is 0.423. The number of fused-ring (bicyclic) bond motifs is 2. The Balaban J connectivity index is 1.40. The summed E-state index contributed by atoms with van der Waals surface area (Å²) in [5.74, 6) is -0.602. The van der Waals surface area contributed by atoms with Crippen molar-refractivity contribution in [2.45, 2.75) is 51.1 Å². The molecule has 2 aromatic carbocycles. The van der Waals surface area contributed by atoms with E-state index in [1.807, 2.05) is 13.0 Å². The lowest BCUT2D eigenvalue weighted by atomic mass is 9.88. The van der Waals surface area contributed by atoms with Gasteiger partial charge in [0, 0.05) is 24.6 Å². The van der Waals surface area contributed by atoms with Gasteiger partial charge in [0.1, 0.15) is 5.82 Å². The van der Waals surface area contributed by atoms with E-state index in [1.165, 1.54) is 6.07 Å². The first kappa shape index (κ1) is 22.2. The average Bonchev–Trinajstić information content (AvgIpc) is 3.44. The van der Waals surface area contributed by atoms with Crippen LogP contribution in [0, 0.1) is 29.0 Å². The topological polar surface area (TPSA) is 82.0 Å². The Hall–Kier alpha value is -3.04. The van der Waals surface area contributed by atoms with E-state index in [2.05, 4.69) is 16.7 Å². The normalized spacial score (nSPS) is 22.3. The van der Waals surface area contributed by atoms with Gasteiger partial charge in [-0.2, -0.15) is 5.26 Å². The standard InChI is InChI=1S/C26H28FN3O2/c1-2-29-26(32)18-5-3-17(4-6-18)19-7-8-20(23(27)14-19)11-16(15-28)12-24(31)25-21-9-10-22(13-21)30-25/h3-8,14,16,21-22,25,30H,2,9-13H2,1H3,(H,29,32)/t16-,21+,22-,25+/m1/s1. The van der Waals surface area contributed by atoms with Crippen LogP contribution in [0.2, 0.25) is 0 Å². The second-order valence-corrected chi connectivity index (χ2v) is 8.86. The van der Waals surface area contributed by atoms with E-state index < -0.39 is 5.92 Å². The van der Waals surface area contributed by atoms with Crippen molar-refractivity contribution in [1.29, 1.82) is 5.26 Å². The number of piperidine rings is 1. The molecule has 1 aliphatic carbocycles. The van der Waals surface area contributed by atoms with Crippen molar-refractivity contribution in [3.63, 3.8) is 0 Å². The Bertz CT molecular complexity index is 1040. The predicted octanol–water partition coefficient (Wildman–Crippen LogP) is 4.02. The number of nitrogens with zero attached hydrogens (tertiary/aromatic N) is 1. The van der Waals surface area contributed by atoms with Gasteiger partial charge in [0.25, 0.3) is 5.91 Å². The first-order valence-corrected chi connectivity index (χ1v) is 11.3. The highest BCUT2D eigenvalue weighted by Gasteiger charge is 2.42. The van der Waals surface area contributed by atoms with Crippen molar-refractivity contribution < 1.29 is 14.0 Å². The number of rotatable bonds is 8. The van der Waals surface area contributed by atoms with Crippen LogP contribution in [0.3, 0.4) is 0 Å². The predicted molar refractivity (Wildman–Crippen MR) is 120 cm³/mol. The Labute approximate surface area is 188 Å². The molecule has 1 saturated carbocycles. The summed E-state index contributed by atoms with van der Waals surface area (Å²) in [7, 11) is 0. The number of ketones is 1. The molecule has 32 heavy (non-hydrogen) atoms. The van der Waals surface area contributed by atoms with Crippen LogP contribution in [-0.2, 0) is 11.2 Å². The number of hydrogen-bond acceptors (Lipinski definition) is 4. The molecule has 4 atom stereocenters. The number of carbonyl (C=O) groups is 2. The Morgan fingerprint density at radius 2 is 1.94 bits per heavy atom. The van der Waals surface area contributed by atoms with Crippen LogP contribution in [0.4, 0.5) is 4.39 Å². The average molecular weight is 434 g/mol. The highest BCUT2D eigenvalue weighted by Crippen LogP contribution is 2.36. The number of halogens is 1. The SMILES string of the molecule is CCNC(=O)c1ccc(-c2ccc(C[C@@H](C#N)CC(=O)[C@H]3N[C@@H]4CC[C@H]3C4)c(F)c2)cc1. The van der Waals surface area contributed by atoms with Crippen LogP contribution in [0.5, 0.6) is 0 Å². The molecule has 1 saturated heterocycles. The number of amides is 1. The van der Waals surface area contributed by atoms with Crippen LogP contribution >= 0.6 is 0 Å². The molecule has 1 aliphatic heterocycles. The maximum Gasteiger partial charge on any atom is 0.251 e. The molecule has 2 aromatic rings. The molecule has 2 bridgehead atoms. The number of Topliss-reactive ketones (excluding diaryl/α,β-unsaturated/α-hetero) is 1. The van der Waals surface area contributed by atoms with Gasteiger partial charge in [-0.25, -0.2) is 4.39 Å². The molecule has 2 N–H and O–H groups in total. The molecule has 6 heteroatoms. The van der Waals surface area contributed by atoms with Gasteiger partial charge in [0.2, 0.25) is 0 Å². The third kappa shape index (κ3) is 4.73. The fourth-order valence-corrected chi connectivity index (χ4v) is 4.98. The zero-order valence-electron chi connectivity index (χ0n) is 18.2. The molecule has 0 spiro atoms. The maximum atomic E-state index is 14.8. The second-order valence-electron chi connectivity index (χ2n) is 8.86. The molecular weight excluding hydrogens is 405 g/mol. The smallest absolute Gasteiger partial charge is 0.251 e. The molecule has 1 amide bonds. The summed E-state index contributed by atoms with van der Waals surface area (Å²) in [5.41, 5.74) is 2.49. The molecule has 4 rings (SSSR count). The molecule has 2 aliphatic rings. The van der Waals surface area contributed by atoms with Crippen molar-refractivity contribution in [2.75, 3.05) is 6.54 Å². The summed E-state index contributed by atoms with van der Waals surface area (Å²) >= 11 is 0. The second kappa shape index (κ2) is 9.62. The van der Waals surface area contributed by atoms with Crippen molar-refractivity contribution >= 4 is 11.7 Å². The largest absolute Gasteiger partial charge is 0.352 e. The van der Waals surface area contributed by atoms with E-state index >= 15 is 0 Å². The summed E-state index contributed by atoms with van der Waals surface area (Å²) in [4.78, 5) is 24.6. The van der Waals surface area contributed by atoms with Gasteiger partial charge in [-0.1, -0.05) is 24.3 Å². The van der Waals surface area contributed by atoms with Gasteiger partial charge >= 0.3 is 0 Å². The zero-order chi connectivity index (χ0) is 22.7. The summed E-state index contributed by atoms with van der Waals surface area (Å²) in [5, 5.41) is 15.7. The van der Waals surface area contributed by atoms with E-state index in [9.17, 15) is 19.2 Å². The minimum atomic E-state index is -0.542. The van der Waals surface area contributed by atoms with Gasteiger partial charge in [-0.3, -0.25) is 9.59 Å². The van der Waals surface area contributed by atoms with Gasteiger partial charge in [-0.05, 0) is 73.4 Å². The summed E-state index contributed by atoms with van der Waals surface area (Å²) in [6.07, 6.45) is 3.62. The lowest BCUT2D eigenvalue weighted by Gasteiger charge is -2.22. The van der Waals surface area contributed by atoms with Gasteiger partial charge < -0.3 is 10.6 Å². The van der Waals surface area contributed by atoms with Gasteiger partial charge in [0.15, 0.2) is 5.78 Å². The fourth-order valence-electron chi connectivity index (χ4n) is 4.98. The monoisotopic (exact) mass is 433 g/mol. The van der Waals surface area contributed by atoms with Crippen LogP contribution in [0.15, 0.2) is 42.5 Å². The minimum Gasteiger partial charge on any atom is -0.352 e. The summed E-state index contributed by atoms with van der Waals surface area (Å²) in [6, 6.07) is 14.5. The molecular formula is C26H28FN3O2. The van der Waals surface area contributed by atoms with Crippen molar-refractivity contribution in [2.24, 2.45) is 11.8 Å². The van der Waals surface area contributed by atoms with E-state index in [4.69, 9.17) is 0 Å². The van der Waals surface area contributed by atoms with E-state index in [1.54, 1.807) is 30.3 Å². The van der Waals surface area contributed by atoms with Gasteiger partial charge in [-0.15, -0.1) is 0 Å². The van der Waals surface area contributed by atoms with Crippen LogP contribution < -0.4 is 10.6 Å². The molecule has 0 radical (unpaired) electrons. The summed E-state index contributed by atoms with van der Waals surface area (Å²) < 4.78 is 14.8. The van der Waals surface area contributed by atoms with Crippen molar-refractivity contribution in [3.05, 3.63) is 59.4 Å².